The number of halogens is 3. The highest BCUT2D eigenvalue weighted by atomic mass is 35.5. The van der Waals surface area contributed by atoms with Gasteiger partial charge >= 0.3 is 0 Å². The first-order valence-corrected chi connectivity index (χ1v) is 8.14. The zero-order valence-corrected chi connectivity index (χ0v) is 15.3. The molecule has 0 aliphatic carbocycles. The van der Waals surface area contributed by atoms with E-state index >= 15 is 0 Å². The summed E-state index contributed by atoms with van der Waals surface area (Å²) in [4.78, 5) is 26.5. The molecule has 27 heavy (non-hydrogen) atoms. The molecule has 3 rings (SSSR count). The van der Waals surface area contributed by atoms with Crippen LogP contribution in [0.3, 0.4) is 0 Å². The molecule has 2 aromatic rings. The number of nitrogen functional groups attached to an aromatic ring is 1. The molecular formula is C14H8Cl3N5O5. The van der Waals surface area contributed by atoms with E-state index in [2.05, 4.69) is 15.5 Å². The maximum absolute atomic E-state index is 12.2. The summed E-state index contributed by atoms with van der Waals surface area (Å²) < 4.78 is 10.3. The molecule has 10 nitrogen and oxygen atoms in total. The fourth-order valence-corrected chi connectivity index (χ4v) is 2.70. The zero-order valence-electron chi connectivity index (χ0n) is 13.0. The number of nitrogens with one attached hydrogen (secondary N) is 1. The second kappa shape index (κ2) is 7.43. The van der Waals surface area contributed by atoms with Crippen LogP contribution in [-0.2, 0) is 0 Å². The smallest absolute Gasteiger partial charge is 0.291 e. The Bertz CT molecular complexity index is 998. The summed E-state index contributed by atoms with van der Waals surface area (Å²) in [6, 6.07) is 2.56. The molecule has 1 aliphatic heterocycles. The van der Waals surface area contributed by atoms with Crippen molar-refractivity contribution in [1.29, 1.82) is 0 Å². The standard InChI is InChI=1S/C14H8Cl3N5O5/c15-9-11(18)10(16)13(17)20-12(9)14(23)21-19-3-5-1-7-8(27-4-26-7)2-6(5)22(24)25/h1-3H,4H2,(H2,18,20)(H,21,23)/b19-3+. The van der Waals surface area contributed by atoms with E-state index in [4.69, 9.17) is 50.0 Å². The highest BCUT2D eigenvalue weighted by Crippen LogP contribution is 2.37. The number of rotatable bonds is 4. The number of benzene rings is 1. The number of nitro groups is 1. The number of carbonyl (C=O) groups excluding carboxylic acids is 1. The Labute approximate surface area is 166 Å². The van der Waals surface area contributed by atoms with Crippen LogP contribution in [0.5, 0.6) is 11.5 Å². The molecule has 0 saturated heterocycles. The molecule has 1 aromatic heterocycles. The van der Waals surface area contributed by atoms with Gasteiger partial charge in [-0.25, -0.2) is 10.4 Å². The third-order valence-electron chi connectivity index (χ3n) is 3.38. The minimum Gasteiger partial charge on any atom is -0.454 e. The van der Waals surface area contributed by atoms with Crippen LogP contribution >= 0.6 is 34.8 Å². The summed E-state index contributed by atoms with van der Waals surface area (Å²) in [5.74, 6) is -0.287. The van der Waals surface area contributed by atoms with Crippen LogP contribution in [0.25, 0.3) is 0 Å². The molecule has 1 amide bonds. The summed E-state index contributed by atoms with van der Waals surface area (Å²) in [5.41, 5.74) is 7.15. The molecule has 1 aliphatic rings. The summed E-state index contributed by atoms with van der Waals surface area (Å²) in [5, 5.41) is 14.4. The molecule has 3 N–H and O–H groups in total. The van der Waals surface area contributed by atoms with E-state index in [9.17, 15) is 14.9 Å². The second-order valence-electron chi connectivity index (χ2n) is 5.01. The number of nitrogens with zero attached hydrogens (tertiary/aromatic N) is 3. The molecule has 2 heterocycles. The van der Waals surface area contributed by atoms with Gasteiger partial charge in [-0.2, -0.15) is 5.10 Å². The zero-order chi connectivity index (χ0) is 19.7. The molecule has 0 atom stereocenters. The average molecular weight is 433 g/mol. The van der Waals surface area contributed by atoms with Crippen molar-refractivity contribution in [1.82, 2.24) is 10.4 Å². The molecule has 140 valence electrons. The first kappa shape index (κ1) is 19.0. The first-order chi connectivity index (χ1) is 12.8. The third-order valence-corrected chi connectivity index (χ3v) is 4.51. The van der Waals surface area contributed by atoms with Crippen LogP contribution in [0.15, 0.2) is 17.2 Å². The van der Waals surface area contributed by atoms with Gasteiger partial charge < -0.3 is 15.2 Å². The number of hydrogen-bond acceptors (Lipinski definition) is 8. The lowest BCUT2D eigenvalue weighted by Crippen LogP contribution is -2.20. The van der Waals surface area contributed by atoms with Crippen molar-refractivity contribution in [3.05, 3.63) is 48.7 Å². The largest absolute Gasteiger partial charge is 0.454 e. The molecule has 0 radical (unpaired) electrons. The molecule has 0 unspecified atom stereocenters. The van der Waals surface area contributed by atoms with Crippen molar-refractivity contribution in [2.24, 2.45) is 5.10 Å². The van der Waals surface area contributed by atoms with Gasteiger partial charge in [-0.1, -0.05) is 34.8 Å². The SMILES string of the molecule is Nc1c(Cl)c(Cl)nc(C(=O)N/N=C/c2cc3c(cc2[N+](=O)[O-])OCO3)c1Cl. The van der Waals surface area contributed by atoms with Crippen LogP contribution in [0, 0.1) is 10.1 Å². The van der Waals surface area contributed by atoms with E-state index in [0.717, 1.165) is 6.21 Å². The lowest BCUT2D eigenvalue weighted by molar-refractivity contribution is -0.385. The third kappa shape index (κ3) is 3.68. The number of ether oxygens (including phenoxy) is 2. The monoisotopic (exact) mass is 431 g/mol. The van der Waals surface area contributed by atoms with Crippen molar-refractivity contribution in [2.45, 2.75) is 0 Å². The quantitative estimate of drug-likeness (QED) is 0.327. The highest BCUT2D eigenvalue weighted by Gasteiger charge is 2.23. The Morgan fingerprint density at radius 3 is 2.63 bits per heavy atom. The predicted molar refractivity (Wildman–Crippen MR) is 98.0 cm³/mol. The van der Waals surface area contributed by atoms with Gasteiger partial charge in [0.15, 0.2) is 22.3 Å². The van der Waals surface area contributed by atoms with Gasteiger partial charge in [0.25, 0.3) is 11.6 Å². The Morgan fingerprint density at radius 2 is 1.96 bits per heavy atom. The van der Waals surface area contributed by atoms with Gasteiger partial charge in [0.1, 0.15) is 5.02 Å². The second-order valence-corrected chi connectivity index (χ2v) is 6.13. The number of amides is 1. The van der Waals surface area contributed by atoms with Crippen LogP contribution < -0.4 is 20.6 Å². The van der Waals surface area contributed by atoms with E-state index in [1.54, 1.807) is 0 Å². The van der Waals surface area contributed by atoms with Crippen molar-refractivity contribution >= 4 is 58.3 Å². The normalized spacial score (nSPS) is 12.4. The van der Waals surface area contributed by atoms with Crippen molar-refractivity contribution in [3.63, 3.8) is 0 Å². The van der Waals surface area contributed by atoms with Crippen molar-refractivity contribution in [3.8, 4) is 11.5 Å². The van der Waals surface area contributed by atoms with Gasteiger partial charge in [0.2, 0.25) is 6.79 Å². The number of nitro benzene ring substituents is 1. The Kier molecular flexibility index (Phi) is 5.22. The Balaban J connectivity index is 1.84. The number of carbonyl (C=O) groups is 1. The van der Waals surface area contributed by atoms with Crippen molar-refractivity contribution in [2.75, 3.05) is 12.5 Å². The minimum absolute atomic E-state index is 0.0489. The number of hydrogen-bond donors (Lipinski definition) is 2. The molecular weight excluding hydrogens is 425 g/mol. The lowest BCUT2D eigenvalue weighted by Gasteiger charge is -2.07. The Morgan fingerprint density at radius 1 is 1.30 bits per heavy atom. The molecule has 0 saturated carbocycles. The van der Waals surface area contributed by atoms with Crippen LogP contribution in [0.4, 0.5) is 11.4 Å². The molecule has 0 bridgehead atoms. The molecule has 1 aromatic carbocycles. The van der Waals surface area contributed by atoms with E-state index in [1.165, 1.54) is 12.1 Å². The fourth-order valence-electron chi connectivity index (χ4n) is 2.10. The predicted octanol–water partition coefficient (Wildman–Crippen LogP) is 3.02. The number of pyridine rings is 1. The number of hydrazone groups is 1. The van der Waals surface area contributed by atoms with Crippen LogP contribution in [0.2, 0.25) is 15.2 Å². The topological polar surface area (TPSA) is 142 Å². The minimum atomic E-state index is -0.843. The summed E-state index contributed by atoms with van der Waals surface area (Å²) in [6.45, 7) is -0.0489. The van der Waals surface area contributed by atoms with Gasteiger partial charge in [-0.15, -0.1) is 0 Å². The van der Waals surface area contributed by atoms with Gasteiger partial charge in [-0.05, 0) is 6.07 Å². The van der Waals surface area contributed by atoms with E-state index < -0.39 is 10.8 Å². The maximum Gasteiger partial charge on any atom is 0.291 e. The Hall–Kier alpha value is -2.82. The summed E-state index contributed by atoms with van der Waals surface area (Å²) in [7, 11) is 0. The number of aromatic nitrogens is 1. The van der Waals surface area contributed by atoms with Gasteiger partial charge in [0.05, 0.1) is 33.5 Å². The molecule has 0 fully saturated rings. The maximum atomic E-state index is 12.2. The summed E-state index contributed by atoms with van der Waals surface area (Å²) >= 11 is 17.5. The average Bonchev–Trinajstić information content (AvgIpc) is 3.09. The first-order valence-electron chi connectivity index (χ1n) is 7.01. The van der Waals surface area contributed by atoms with E-state index in [1.807, 2.05) is 0 Å². The van der Waals surface area contributed by atoms with Gasteiger partial charge in [-0.3, -0.25) is 14.9 Å². The van der Waals surface area contributed by atoms with Crippen LogP contribution in [0.1, 0.15) is 16.1 Å². The number of anilines is 1. The van der Waals surface area contributed by atoms with Gasteiger partial charge in [0, 0.05) is 0 Å². The number of fused-ring (bicyclic) bond motifs is 1. The fraction of sp³-hybridized carbons (Fsp3) is 0.0714. The highest BCUT2D eigenvalue weighted by molar-refractivity contribution is 6.46. The lowest BCUT2D eigenvalue weighted by atomic mass is 10.1. The van der Waals surface area contributed by atoms with E-state index in [-0.39, 0.29) is 50.4 Å². The molecule has 13 heteroatoms. The summed E-state index contributed by atoms with van der Waals surface area (Å²) in [6.07, 6.45) is 1.06. The van der Waals surface area contributed by atoms with Crippen LogP contribution in [-0.4, -0.2) is 28.8 Å². The van der Waals surface area contributed by atoms with Crippen molar-refractivity contribution < 1.29 is 19.2 Å². The number of nitrogens with two attached hydrogens (primary N) is 1. The van der Waals surface area contributed by atoms with E-state index in [0.29, 0.717) is 5.75 Å². The molecule has 0 spiro atoms.